The van der Waals surface area contributed by atoms with Crippen LogP contribution < -0.4 is 5.32 Å². The van der Waals surface area contributed by atoms with Crippen molar-refractivity contribution < 1.29 is 5.11 Å². The Morgan fingerprint density at radius 1 is 1.09 bits per heavy atom. The van der Waals surface area contributed by atoms with Gasteiger partial charge in [-0.2, -0.15) is 0 Å². The smallest absolute Gasteiger partial charge is 0.161 e. The van der Waals surface area contributed by atoms with E-state index >= 15 is 0 Å². The number of pyridine rings is 1. The van der Waals surface area contributed by atoms with Crippen LogP contribution in [0.3, 0.4) is 0 Å². The number of fused-ring (bicyclic) bond motifs is 1. The van der Waals surface area contributed by atoms with Gasteiger partial charge in [-0.05, 0) is 44.2 Å². The fourth-order valence-electron chi connectivity index (χ4n) is 3.06. The van der Waals surface area contributed by atoms with Crippen molar-refractivity contribution in [3.63, 3.8) is 0 Å². The molecule has 1 aliphatic rings. The molecule has 5 nitrogen and oxygen atoms in total. The molecule has 2 N–H and O–H groups in total. The first kappa shape index (κ1) is 15.9. The van der Waals surface area contributed by atoms with Gasteiger partial charge < -0.3 is 10.4 Å². The molecular formula is C18H24N4O. The first-order valence-corrected chi connectivity index (χ1v) is 8.31. The van der Waals surface area contributed by atoms with Crippen LogP contribution in [0.2, 0.25) is 0 Å². The van der Waals surface area contributed by atoms with Gasteiger partial charge >= 0.3 is 0 Å². The normalized spacial score (nSPS) is 16.2. The lowest BCUT2D eigenvalue weighted by molar-refractivity contribution is 0.110. The highest BCUT2D eigenvalue weighted by molar-refractivity contribution is 5.60. The maximum Gasteiger partial charge on any atom is 0.161 e. The second-order valence-electron chi connectivity index (χ2n) is 6.58. The topological polar surface area (TPSA) is 70.9 Å². The molecule has 1 aliphatic carbocycles. The number of rotatable bonds is 5. The number of aliphatic hydroxyl groups excluding tert-OH is 1. The molecule has 2 aromatic heterocycles. The quantitative estimate of drug-likeness (QED) is 0.888. The highest BCUT2D eigenvalue weighted by Crippen LogP contribution is 2.29. The largest absolute Gasteiger partial charge is 0.391 e. The van der Waals surface area contributed by atoms with E-state index in [9.17, 15) is 5.11 Å². The van der Waals surface area contributed by atoms with Gasteiger partial charge in [0.15, 0.2) is 5.82 Å². The van der Waals surface area contributed by atoms with Crippen LogP contribution in [0.4, 0.5) is 5.82 Å². The summed E-state index contributed by atoms with van der Waals surface area (Å²) in [4.78, 5) is 13.5. The predicted molar refractivity (Wildman–Crippen MR) is 91.2 cm³/mol. The fraction of sp³-hybridized carbons (Fsp3) is 0.500. The van der Waals surface area contributed by atoms with Gasteiger partial charge in [-0.25, -0.2) is 9.97 Å². The highest BCUT2D eigenvalue weighted by atomic mass is 16.3. The molecule has 0 aliphatic heterocycles. The van der Waals surface area contributed by atoms with Crippen molar-refractivity contribution in [3.05, 3.63) is 35.8 Å². The molecule has 2 atom stereocenters. The molecule has 0 saturated carbocycles. The van der Waals surface area contributed by atoms with Crippen molar-refractivity contribution in [1.29, 1.82) is 0 Å². The molecule has 0 amide bonds. The Morgan fingerprint density at radius 2 is 1.83 bits per heavy atom. The van der Waals surface area contributed by atoms with Crippen LogP contribution in [0.1, 0.15) is 38.4 Å². The van der Waals surface area contributed by atoms with Crippen molar-refractivity contribution in [2.75, 3.05) is 5.32 Å². The van der Waals surface area contributed by atoms with E-state index in [1.807, 2.05) is 32.9 Å². The molecule has 23 heavy (non-hydrogen) atoms. The molecule has 0 fully saturated rings. The van der Waals surface area contributed by atoms with Crippen LogP contribution in [-0.2, 0) is 12.8 Å². The molecule has 2 unspecified atom stereocenters. The van der Waals surface area contributed by atoms with E-state index in [0.29, 0.717) is 0 Å². The Kier molecular flexibility index (Phi) is 4.57. The van der Waals surface area contributed by atoms with Gasteiger partial charge in [0.1, 0.15) is 5.82 Å². The van der Waals surface area contributed by atoms with Crippen LogP contribution in [0.5, 0.6) is 0 Å². The number of aliphatic hydroxyl groups is 1. The molecule has 2 aromatic rings. The minimum Gasteiger partial charge on any atom is -0.391 e. The second kappa shape index (κ2) is 6.62. The molecule has 3 rings (SSSR count). The van der Waals surface area contributed by atoms with Crippen molar-refractivity contribution in [2.45, 2.75) is 52.2 Å². The third-order valence-corrected chi connectivity index (χ3v) is 4.43. The lowest BCUT2D eigenvalue weighted by atomic mass is 10.0. The minimum absolute atomic E-state index is 0.0557. The number of hydrogen-bond donors (Lipinski definition) is 2. The summed E-state index contributed by atoms with van der Waals surface area (Å²) in [5.41, 5.74) is 3.29. The van der Waals surface area contributed by atoms with Crippen LogP contribution >= 0.6 is 0 Å². The van der Waals surface area contributed by atoms with E-state index < -0.39 is 6.10 Å². The third-order valence-electron chi connectivity index (χ3n) is 4.43. The SMILES string of the molecule is CC(C)C(O)C(C)Nc1nc(-c2ccncc2)nc2c1CCC2. The minimum atomic E-state index is -0.411. The summed E-state index contributed by atoms with van der Waals surface area (Å²) >= 11 is 0. The van der Waals surface area contributed by atoms with E-state index in [1.54, 1.807) is 12.4 Å². The molecule has 0 aromatic carbocycles. The standard InChI is InChI=1S/C18H24N4O/c1-11(2)16(23)12(3)20-18-14-5-4-6-15(14)21-17(22-18)13-7-9-19-10-8-13/h7-12,16,23H,4-6H2,1-3H3,(H,20,21,22). The molecule has 0 radical (unpaired) electrons. The average Bonchev–Trinajstić information content (AvgIpc) is 3.03. The summed E-state index contributed by atoms with van der Waals surface area (Å²) < 4.78 is 0. The molecule has 2 heterocycles. The first-order chi connectivity index (χ1) is 11.1. The average molecular weight is 312 g/mol. The molecule has 0 spiro atoms. The number of nitrogens with one attached hydrogen (secondary N) is 1. The first-order valence-electron chi connectivity index (χ1n) is 8.31. The Labute approximate surface area is 137 Å². The van der Waals surface area contributed by atoms with Gasteiger partial charge in [0, 0.05) is 29.2 Å². The third kappa shape index (κ3) is 3.34. The van der Waals surface area contributed by atoms with Crippen LogP contribution in [0.25, 0.3) is 11.4 Å². The number of hydrogen-bond acceptors (Lipinski definition) is 5. The summed E-state index contributed by atoms with van der Waals surface area (Å²) in [6, 6.07) is 3.79. The van der Waals surface area contributed by atoms with Crippen molar-refractivity contribution in [1.82, 2.24) is 15.0 Å². The van der Waals surface area contributed by atoms with Crippen LogP contribution in [0.15, 0.2) is 24.5 Å². The zero-order valence-corrected chi connectivity index (χ0v) is 14.0. The summed E-state index contributed by atoms with van der Waals surface area (Å²) in [6.07, 6.45) is 6.20. The van der Waals surface area contributed by atoms with Gasteiger partial charge in [-0.3, -0.25) is 4.98 Å². The van der Waals surface area contributed by atoms with Crippen molar-refractivity contribution in [2.24, 2.45) is 5.92 Å². The maximum atomic E-state index is 10.3. The number of nitrogens with zero attached hydrogens (tertiary/aromatic N) is 3. The maximum absolute atomic E-state index is 10.3. The van der Waals surface area contributed by atoms with E-state index in [0.717, 1.165) is 42.2 Å². The van der Waals surface area contributed by atoms with E-state index in [1.165, 1.54) is 5.56 Å². The van der Waals surface area contributed by atoms with Gasteiger partial charge in [0.05, 0.1) is 12.1 Å². The lowest BCUT2D eigenvalue weighted by Gasteiger charge is -2.25. The van der Waals surface area contributed by atoms with Gasteiger partial charge in [-0.15, -0.1) is 0 Å². The lowest BCUT2D eigenvalue weighted by Crippen LogP contribution is -2.35. The van der Waals surface area contributed by atoms with E-state index in [4.69, 9.17) is 9.97 Å². The van der Waals surface area contributed by atoms with Crippen LogP contribution in [-0.4, -0.2) is 32.2 Å². The fourth-order valence-corrected chi connectivity index (χ4v) is 3.06. The molecule has 5 heteroatoms. The zero-order valence-electron chi connectivity index (χ0n) is 14.0. The molecular weight excluding hydrogens is 288 g/mol. The Morgan fingerprint density at radius 3 is 2.52 bits per heavy atom. The second-order valence-corrected chi connectivity index (χ2v) is 6.58. The Bertz CT molecular complexity index is 672. The van der Waals surface area contributed by atoms with Crippen molar-refractivity contribution in [3.8, 4) is 11.4 Å². The van der Waals surface area contributed by atoms with E-state index in [2.05, 4.69) is 10.3 Å². The highest BCUT2D eigenvalue weighted by Gasteiger charge is 2.23. The zero-order chi connectivity index (χ0) is 16.4. The van der Waals surface area contributed by atoms with Gasteiger partial charge in [-0.1, -0.05) is 13.8 Å². The summed E-state index contributed by atoms with van der Waals surface area (Å²) in [7, 11) is 0. The van der Waals surface area contributed by atoms with Crippen LogP contribution in [0, 0.1) is 5.92 Å². The molecule has 122 valence electrons. The molecule has 0 saturated heterocycles. The summed E-state index contributed by atoms with van der Waals surface area (Å²) in [5, 5.41) is 13.7. The van der Waals surface area contributed by atoms with Gasteiger partial charge in [0.25, 0.3) is 0 Å². The van der Waals surface area contributed by atoms with Crippen molar-refractivity contribution >= 4 is 5.82 Å². The van der Waals surface area contributed by atoms with Gasteiger partial charge in [0.2, 0.25) is 0 Å². The van der Waals surface area contributed by atoms with E-state index in [-0.39, 0.29) is 12.0 Å². The number of aryl methyl sites for hydroxylation is 1. The summed E-state index contributed by atoms with van der Waals surface area (Å²) in [6.45, 7) is 6.05. The predicted octanol–water partition coefficient (Wildman–Crippen LogP) is 2.84. The molecule has 0 bridgehead atoms. The number of anilines is 1. The monoisotopic (exact) mass is 312 g/mol. The Hall–Kier alpha value is -2.01. The summed E-state index contributed by atoms with van der Waals surface area (Å²) in [5.74, 6) is 1.79. The number of aromatic nitrogens is 3. The Balaban J connectivity index is 1.95.